The predicted octanol–water partition coefficient (Wildman–Crippen LogP) is 3.05. The SMILES string of the molecule is COc1cc([N+](=O)[O-])c(C#N)cc1OCc1ccccc1. The van der Waals surface area contributed by atoms with Crippen LogP contribution in [0.3, 0.4) is 0 Å². The third-order valence-corrected chi connectivity index (χ3v) is 2.84. The Morgan fingerprint density at radius 1 is 1.24 bits per heavy atom. The minimum Gasteiger partial charge on any atom is -0.493 e. The van der Waals surface area contributed by atoms with E-state index in [0.717, 1.165) is 5.56 Å². The summed E-state index contributed by atoms with van der Waals surface area (Å²) in [6, 6.07) is 13.7. The number of nitro groups is 1. The fraction of sp³-hybridized carbons (Fsp3) is 0.133. The topological polar surface area (TPSA) is 85.4 Å². The third-order valence-electron chi connectivity index (χ3n) is 2.84. The average Bonchev–Trinajstić information content (AvgIpc) is 2.52. The largest absolute Gasteiger partial charge is 0.493 e. The summed E-state index contributed by atoms with van der Waals surface area (Å²) in [4.78, 5) is 10.3. The van der Waals surface area contributed by atoms with Gasteiger partial charge in [-0.3, -0.25) is 10.1 Å². The highest BCUT2D eigenvalue weighted by Crippen LogP contribution is 2.34. The smallest absolute Gasteiger partial charge is 0.291 e. The van der Waals surface area contributed by atoms with Crippen LogP contribution in [-0.2, 0) is 6.61 Å². The summed E-state index contributed by atoms with van der Waals surface area (Å²) in [6.07, 6.45) is 0. The van der Waals surface area contributed by atoms with Crippen LogP contribution >= 0.6 is 0 Å². The Morgan fingerprint density at radius 2 is 1.95 bits per heavy atom. The van der Waals surface area contributed by atoms with E-state index in [2.05, 4.69) is 0 Å². The van der Waals surface area contributed by atoms with Crippen LogP contribution in [0.1, 0.15) is 11.1 Å². The minimum absolute atomic E-state index is 0.0659. The molecule has 0 amide bonds. The molecule has 21 heavy (non-hydrogen) atoms. The molecule has 0 aliphatic rings. The van der Waals surface area contributed by atoms with Crippen molar-refractivity contribution in [2.75, 3.05) is 7.11 Å². The van der Waals surface area contributed by atoms with Gasteiger partial charge in [0.05, 0.1) is 18.1 Å². The summed E-state index contributed by atoms with van der Waals surface area (Å²) in [7, 11) is 1.39. The Bertz CT molecular complexity index is 693. The van der Waals surface area contributed by atoms with E-state index < -0.39 is 4.92 Å². The summed E-state index contributed by atoms with van der Waals surface area (Å²) in [5.74, 6) is 0.514. The molecule has 0 unspecified atom stereocenters. The Morgan fingerprint density at radius 3 is 2.52 bits per heavy atom. The molecule has 0 heterocycles. The Labute approximate surface area is 121 Å². The average molecular weight is 284 g/mol. The van der Waals surface area contributed by atoms with Crippen molar-refractivity contribution in [1.82, 2.24) is 0 Å². The van der Waals surface area contributed by atoms with Crippen LogP contribution < -0.4 is 9.47 Å². The molecule has 2 rings (SSSR count). The first-order chi connectivity index (χ1) is 10.2. The van der Waals surface area contributed by atoms with E-state index >= 15 is 0 Å². The number of nitro benzene ring substituents is 1. The quantitative estimate of drug-likeness (QED) is 0.622. The summed E-state index contributed by atoms with van der Waals surface area (Å²) in [5.41, 5.74) is 0.571. The maximum absolute atomic E-state index is 10.9. The molecule has 0 fully saturated rings. The van der Waals surface area contributed by atoms with Gasteiger partial charge in [0.2, 0.25) is 0 Å². The first-order valence-corrected chi connectivity index (χ1v) is 6.09. The van der Waals surface area contributed by atoms with Gasteiger partial charge in [-0.25, -0.2) is 0 Å². The van der Waals surface area contributed by atoms with E-state index in [9.17, 15) is 10.1 Å². The molecule has 6 nitrogen and oxygen atoms in total. The van der Waals surface area contributed by atoms with Crippen LogP contribution in [0.5, 0.6) is 11.5 Å². The first kappa shape index (κ1) is 14.3. The number of nitriles is 1. The highest BCUT2D eigenvalue weighted by atomic mass is 16.6. The zero-order valence-corrected chi connectivity index (χ0v) is 11.3. The zero-order valence-electron chi connectivity index (χ0n) is 11.3. The minimum atomic E-state index is -0.623. The van der Waals surface area contributed by atoms with Crippen LogP contribution in [0.4, 0.5) is 5.69 Å². The fourth-order valence-electron chi connectivity index (χ4n) is 1.80. The Hall–Kier alpha value is -3.07. The number of hydrogen-bond donors (Lipinski definition) is 0. The van der Waals surface area contributed by atoms with Crippen LogP contribution in [0.2, 0.25) is 0 Å². The van der Waals surface area contributed by atoms with Gasteiger partial charge in [0.15, 0.2) is 11.5 Å². The lowest BCUT2D eigenvalue weighted by Crippen LogP contribution is -2.00. The number of ether oxygens (including phenoxy) is 2. The molecule has 0 aromatic heterocycles. The van der Waals surface area contributed by atoms with Crippen molar-refractivity contribution >= 4 is 5.69 Å². The second-order valence-corrected chi connectivity index (χ2v) is 4.16. The van der Waals surface area contributed by atoms with Crippen molar-refractivity contribution in [3.8, 4) is 17.6 Å². The van der Waals surface area contributed by atoms with Gasteiger partial charge in [0.1, 0.15) is 18.2 Å². The van der Waals surface area contributed by atoms with Crippen molar-refractivity contribution in [2.24, 2.45) is 0 Å². The van der Waals surface area contributed by atoms with E-state index in [1.807, 2.05) is 30.3 Å². The fourth-order valence-corrected chi connectivity index (χ4v) is 1.80. The number of rotatable bonds is 5. The maximum Gasteiger partial charge on any atom is 0.291 e. The normalized spacial score (nSPS) is 9.71. The Kier molecular flexibility index (Phi) is 4.36. The van der Waals surface area contributed by atoms with Crippen molar-refractivity contribution in [2.45, 2.75) is 6.61 Å². The number of hydrogen-bond acceptors (Lipinski definition) is 5. The van der Waals surface area contributed by atoms with Crippen molar-refractivity contribution in [3.05, 3.63) is 63.7 Å². The predicted molar refractivity (Wildman–Crippen MR) is 75.1 cm³/mol. The van der Waals surface area contributed by atoms with E-state index in [4.69, 9.17) is 14.7 Å². The number of benzene rings is 2. The van der Waals surface area contributed by atoms with Crippen LogP contribution in [0.15, 0.2) is 42.5 Å². The van der Waals surface area contributed by atoms with Crippen LogP contribution in [0, 0.1) is 21.4 Å². The molecule has 2 aromatic rings. The molecule has 0 aliphatic carbocycles. The molecule has 0 saturated heterocycles. The van der Waals surface area contributed by atoms with Gasteiger partial charge in [-0.1, -0.05) is 30.3 Å². The van der Waals surface area contributed by atoms with E-state index in [1.165, 1.54) is 19.2 Å². The van der Waals surface area contributed by atoms with E-state index in [-0.39, 0.29) is 23.6 Å². The standard InChI is InChI=1S/C15H12N2O4/c1-20-14-8-13(17(18)19)12(9-16)7-15(14)21-10-11-5-3-2-4-6-11/h2-8H,10H2,1H3. The van der Waals surface area contributed by atoms with Crippen molar-refractivity contribution in [3.63, 3.8) is 0 Å². The molecule has 0 bridgehead atoms. The van der Waals surface area contributed by atoms with Gasteiger partial charge in [-0.2, -0.15) is 5.26 Å². The van der Waals surface area contributed by atoms with Crippen LogP contribution in [-0.4, -0.2) is 12.0 Å². The molecular weight excluding hydrogens is 272 g/mol. The van der Waals surface area contributed by atoms with Gasteiger partial charge >= 0.3 is 0 Å². The second kappa shape index (κ2) is 6.39. The molecule has 0 saturated carbocycles. The van der Waals surface area contributed by atoms with E-state index in [0.29, 0.717) is 5.75 Å². The molecule has 2 aromatic carbocycles. The highest BCUT2D eigenvalue weighted by molar-refractivity contribution is 5.58. The molecule has 106 valence electrons. The summed E-state index contributed by atoms with van der Waals surface area (Å²) in [5, 5.41) is 19.9. The molecule has 0 aliphatic heterocycles. The molecule has 0 radical (unpaired) electrons. The van der Waals surface area contributed by atoms with E-state index in [1.54, 1.807) is 6.07 Å². The van der Waals surface area contributed by atoms with Gasteiger partial charge in [-0.05, 0) is 5.56 Å². The van der Waals surface area contributed by atoms with Gasteiger partial charge in [0.25, 0.3) is 5.69 Å². The lowest BCUT2D eigenvalue weighted by Gasteiger charge is -2.11. The van der Waals surface area contributed by atoms with Gasteiger partial charge in [-0.15, -0.1) is 0 Å². The monoisotopic (exact) mass is 284 g/mol. The molecule has 0 N–H and O–H groups in total. The first-order valence-electron chi connectivity index (χ1n) is 6.09. The number of nitrogens with zero attached hydrogens (tertiary/aromatic N) is 2. The number of methoxy groups -OCH3 is 1. The van der Waals surface area contributed by atoms with Crippen molar-refractivity contribution < 1.29 is 14.4 Å². The third kappa shape index (κ3) is 3.28. The highest BCUT2D eigenvalue weighted by Gasteiger charge is 2.19. The van der Waals surface area contributed by atoms with Gasteiger partial charge in [0, 0.05) is 6.07 Å². The summed E-state index contributed by atoms with van der Waals surface area (Å²) >= 11 is 0. The van der Waals surface area contributed by atoms with Gasteiger partial charge < -0.3 is 9.47 Å². The maximum atomic E-state index is 10.9. The summed E-state index contributed by atoms with van der Waals surface area (Å²) in [6.45, 7) is 0.278. The second-order valence-electron chi connectivity index (χ2n) is 4.16. The molecule has 6 heteroatoms. The van der Waals surface area contributed by atoms with Crippen LogP contribution in [0.25, 0.3) is 0 Å². The zero-order chi connectivity index (χ0) is 15.2. The lowest BCUT2D eigenvalue weighted by molar-refractivity contribution is -0.385. The van der Waals surface area contributed by atoms with Crippen molar-refractivity contribution in [1.29, 1.82) is 5.26 Å². The lowest BCUT2D eigenvalue weighted by atomic mass is 10.1. The Balaban J connectivity index is 2.30. The molecular formula is C15H12N2O4. The molecule has 0 atom stereocenters. The summed E-state index contributed by atoms with van der Waals surface area (Å²) < 4.78 is 10.7. The molecule has 0 spiro atoms.